The van der Waals surface area contributed by atoms with E-state index in [4.69, 9.17) is 35.4 Å². The normalized spacial score (nSPS) is 14.9. The highest BCUT2D eigenvalue weighted by atomic mass is 35.5. The summed E-state index contributed by atoms with van der Waals surface area (Å²) in [6, 6.07) is 3.23. The molecule has 0 bridgehead atoms. The molecule has 0 aliphatic carbocycles. The van der Waals surface area contributed by atoms with Crippen LogP contribution in [-0.4, -0.2) is 17.4 Å². The van der Waals surface area contributed by atoms with Gasteiger partial charge in [0.2, 0.25) is 0 Å². The van der Waals surface area contributed by atoms with Gasteiger partial charge in [-0.2, -0.15) is 22.0 Å². The van der Waals surface area contributed by atoms with Crippen molar-refractivity contribution in [3.05, 3.63) is 46.4 Å². The number of rotatable bonds is 5. The summed E-state index contributed by atoms with van der Waals surface area (Å²) in [5.74, 6) is -1.17. The highest BCUT2D eigenvalue weighted by molar-refractivity contribution is 8.45. The van der Waals surface area contributed by atoms with Gasteiger partial charge in [0.25, 0.3) is 0 Å². The van der Waals surface area contributed by atoms with Crippen LogP contribution in [0.15, 0.2) is 41.3 Å². The smallest absolute Gasteiger partial charge is 0.423 e. The lowest BCUT2D eigenvalue weighted by Gasteiger charge is -2.40. The Hall–Kier alpha value is -1.84. The SMILES string of the molecule is FC(F)(F)C(F)(F)Oc1c(Cl)cc(NC(=S)Nc2ccc(S(F)(F)(F)(F)F)cc2)cc1Cl. The molecule has 0 heterocycles. The molecule has 3 nitrogen and oxygen atoms in total. The van der Waals surface area contributed by atoms with Crippen molar-refractivity contribution >= 4 is 62.1 Å². The van der Waals surface area contributed by atoms with Crippen LogP contribution in [0.1, 0.15) is 0 Å². The largest absolute Gasteiger partial charge is 0.499 e. The molecule has 2 rings (SSSR count). The maximum Gasteiger partial charge on any atom is 0.499 e. The van der Waals surface area contributed by atoms with Crippen molar-refractivity contribution < 1.29 is 46.1 Å². The van der Waals surface area contributed by atoms with Gasteiger partial charge in [-0.15, -0.1) is 0 Å². The Morgan fingerprint density at radius 3 is 1.66 bits per heavy atom. The summed E-state index contributed by atoms with van der Waals surface area (Å²) in [6.45, 7) is 0. The Kier molecular flexibility index (Phi) is 6.27. The van der Waals surface area contributed by atoms with E-state index in [1.807, 2.05) is 0 Å². The molecule has 2 aromatic carbocycles. The standard InChI is InChI=1S/C15H8Cl2F10N2OS2/c16-10-5-8(6-11(17)12(10)30-15(21,22)14(18,19)20)29-13(31)28-7-1-3-9(4-2-7)32(23,24,25,26)27/h1-6H,(H2,28,29,31). The van der Waals surface area contributed by atoms with Gasteiger partial charge >= 0.3 is 22.5 Å². The molecule has 2 aromatic rings. The van der Waals surface area contributed by atoms with Crippen molar-refractivity contribution in [2.45, 2.75) is 17.2 Å². The van der Waals surface area contributed by atoms with E-state index in [0.717, 1.165) is 12.1 Å². The molecule has 0 amide bonds. The maximum atomic E-state index is 13.1. The minimum absolute atomic E-state index is 0.132. The molecule has 0 atom stereocenters. The summed E-state index contributed by atoms with van der Waals surface area (Å²) >= 11 is 16.1. The molecule has 0 spiro atoms. The predicted molar refractivity (Wildman–Crippen MR) is 106 cm³/mol. The van der Waals surface area contributed by atoms with E-state index >= 15 is 0 Å². The molecule has 2 N–H and O–H groups in total. The van der Waals surface area contributed by atoms with Crippen molar-refractivity contribution in [1.82, 2.24) is 0 Å². The van der Waals surface area contributed by atoms with Crippen LogP contribution in [0.25, 0.3) is 0 Å². The second-order valence-electron chi connectivity index (χ2n) is 5.96. The lowest BCUT2D eigenvalue weighted by atomic mass is 10.3. The zero-order chi connectivity index (χ0) is 24.8. The van der Waals surface area contributed by atoms with Gasteiger partial charge in [0.05, 0.1) is 10.0 Å². The minimum atomic E-state index is -9.85. The second-order valence-corrected chi connectivity index (χ2v) is 9.59. The lowest BCUT2D eigenvalue weighted by molar-refractivity contribution is -0.360. The molecule has 0 aliphatic rings. The Balaban J connectivity index is 2.15. The maximum absolute atomic E-state index is 13.1. The van der Waals surface area contributed by atoms with E-state index in [2.05, 4.69) is 15.4 Å². The van der Waals surface area contributed by atoms with E-state index in [1.165, 1.54) is 0 Å². The van der Waals surface area contributed by atoms with Gasteiger partial charge in [-0.05, 0) is 48.6 Å². The molecular formula is C15H8Cl2F10N2OS2. The fourth-order valence-corrected chi connectivity index (χ4v) is 3.45. The first-order chi connectivity index (χ1) is 14.1. The van der Waals surface area contributed by atoms with Crippen molar-refractivity contribution in [3.63, 3.8) is 0 Å². The van der Waals surface area contributed by atoms with Gasteiger partial charge in [0.1, 0.15) is 4.90 Å². The molecular weight excluding hydrogens is 549 g/mol. The third kappa shape index (κ3) is 6.59. The molecule has 0 saturated heterocycles. The minimum Gasteiger partial charge on any atom is -0.423 e. The van der Waals surface area contributed by atoms with E-state index in [-0.39, 0.29) is 28.6 Å². The number of hydrogen-bond acceptors (Lipinski definition) is 2. The number of halogens is 12. The quantitative estimate of drug-likeness (QED) is 0.284. The number of ether oxygens (including phenoxy) is 1. The zero-order valence-electron chi connectivity index (χ0n) is 14.7. The molecule has 180 valence electrons. The molecule has 0 unspecified atom stereocenters. The molecule has 0 aliphatic heterocycles. The van der Waals surface area contributed by atoms with E-state index in [9.17, 15) is 41.4 Å². The monoisotopic (exact) mass is 556 g/mol. The molecule has 0 fully saturated rings. The second kappa shape index (κ2) is 7.60. The summed E-state index contributed by atoms with van der Waals surface area (Å²) in [4.78, 5) is -2.13. The van der Waals surface area contributed by atoms with E-state index < -0.39 is 43.2 Å². The number of thiocarbonyl (C=S) groups is 1. The number of nitrogens with one attached hydrogen (secondary N) is 2. The summed E-state index contributed by atoms with van der Waals surface area (Å²) in [5.41, 5.74) is -0.279. The van der Waals surface area contributed by atoms with Crippen molar-refractivity contribution in [2.24, 2.45) is 0 Å². The summed E-state index contributed by atoms with van der Waals surface area (Å²) in [5, 5.41) is 2.86. The fourth-order valence-electron chi connectivity index (χ4n) is 2.00. The lowest BCUT2D eigenvalue weighted by Crippen LogP contribution is -2.42. The first-order valence-electron chi connectivity index (χ1n) is 7.64. The summed E-state index contributed by atoms with van der Waals surface area (Å²) < 4.78 is 130. The van der Waals surface area contributed by atoms with Gasteiger partial charge < -0.3 is 15.4 Å². The highest BCUT2D eigenvalue weighted by Crippen LogP contribution is 3.02. The van der Waals surface area contributed by atoms with Crippen LogP contribution in [0.4, 0.5) is 52.8 Å². The predicted octanol–water partition coefficient (Wildman–Crippen LogP) is 8.99. The Morgan fingerprint density at radius 2 is 1.25 bits per heavy atom. The Labute approximate surface area is 188 Å². The average Bonchev–Trinajstić information content (AvgIpc) is 2.55. The van der Waals surface area contributed by atoms with Crippen LogP contribution in [0, 0.1) is 0 Å². The van der Waals surface area contributed by atoms with Crippen LogP contribution >= 0.6 is 45.6 Å². The summed E-state index contributed by atoms with van der Waals surface area (Å²) in [7, 11) is -9.85. The van der Waals surface area contributed by atoms with Crippen molar-refractivity contribution in [2.75, 3.05) is 10.6 Å². The first kappa shape index (κ1) is 26.4. The van der Waals surface area contributed by atoms with E-state index in [1.54, 1.807) is 0 Å². The summed E-state index contributed by atoms with van der Waals surface area (Å²) in [6.07, 6.45) is -11.6. The van der Waals surface area contributed by atoms with Crippen molar-refractivity contribution in [3.8, 4) is 5.75 Å². The number of hydrogen-bond donors (Lipinski definition) is 2. The fraction of sp³-hybridized carbons (Fsp3) is 0.133. The third-order valence-corrected chi connectivity index (χ3v) is 5.30. The van der Waals surface area contributed by atoms with Crippen LogP contribution in [0.2, 0.25) is 10.0 Å². The van der Waals surface area contributed by atoms with E-state index in [0.29, 0.717) is 12.1 Å². The molecule has 17 heteroatoms. The number of alkyl halides is 5. The molecule has 0 saturated carbocycles. The van der Waals surface area contributed by atoms with Crippen LogP contribution in [0.5, 0.6) is 5.75 Å². The first-order valence-corrected chi connectivity index (χ1v) is 10.8. The van der Waals surface area contributed by atoms with Gasteiger partial charge in [-0.1, -0.05) is 42.6 Å². The number of benzene rings is 2. The molecule has 32 heavy (non-hydrogen) atoms. The zero-order valence-corrected chi connectivity index (χ0v) is 17.9. The van der Waals surface area contributed by atoms with Gasteiger partial charge in [-0.25, -0.2) is 0 Å². The third-order valence-electron chi connectivity index (χ3n) is 3.37. The Morgan fingerprint density at radius 1 is 0.812 bits per heavy atom. The van der Waals surface area contributed by atoms with Crippen molar-refractivity contribution in [1.29, 1.82) is 0 Å². The van der Waals surface area contributed by atoms with Crippen LogP contribution < -0.4 is 15.4 Å². The Bertz CT molecular complexity index is 1020. The van der Waals surface area contributed by atoms with Gasteiger partial charge in [0, 0.05) is 11.4 Å². The number of anilines is 2. The highest BCUT2D eigenvalue weighted by Gasteiger charge is 2.65. The van der Waals surface area contributed by atoms with Gasteiger partial charge in [0.15, 0.2) is 10.9 Å². The van der Waals surface area contributed by atoms with Crippen LogP contribution in [0.3, 0.4) is 0 Å². The van der Waals surface area contributed by atoms with Gasteiger partial charge in [-0.3, -0.25) is 0 Å². The molecule has 0 aromatic heterocycles. The molecule has 0 radical (unpaired) electrons. The topological polar surface area (TPSA) is 33.3 Å². The van der Waals surface area contributed by atoms with Crippen LogP contribution in [-0.2, 0) is 0 Å². The average molecular weight is 557 g/mol.